The minimum Gasteiger partial charge on any atom is -0.465 e. The minimum absolute atomic E-state index is 0.110. The van der Waals surface area contributed by atoms with Crippen LogP contribution in [-0.4, -0.2) is 65.3 Å². The summed E-state index contributed by atoms with van der Waals surface area (Å²) in [6, 6.07) is 1.08. The van der Waals surface area contributed by atoms with Crippen molar-refractivity contribution in [1.29, 1.82) is 0 Å². The van der Waals surface area contributed by atoms with Crippen molar-refractivity contribution >= 4 is 6.09 Å². The molecule has 2 atom stereocenters. The van der Waals surface area contributed by atoms with Gasteiger partial charge in [0.2, 0.25) is 0 Å². The van der Waals surface area contributed by atoms with Crippen LogP contribution in [0.25, 0.3) is 0 Å². The van der Waals surface area contributed by atoms with Gasteiger partial charge >= 0.3 is 6.09 Å². The lowest BCUT2D eigenvalue weighted by atomic mass is 9.99. The number of carboxylic acid groups (broad SMARTS) is 1. The predicted octanol–water partition coefficient (Wildman–Crippen LogP) is 0.811. The van der Waals surface area contributed by atoms with Crippen LogP contribution in [0, 0.1) is 0 Å². The van der Waals surface area contributed by atoms with Crippen molar-refractivity contribution in [3.8, 4) is 0 Å². The fourth-order valence-electron chi connectivity index (χ4n) is 3.07. The van der Waals surface area contributed by atoms with Gasteiger partial charge in [-0.3, -0.25) is 4.90 Å². The molecule has 2 fully saturated rings. The van der Waals surface area contributed by atoms with E-state index in [1.54, 1.807) is 4.90 Å². The van der Waals surface area contributed by atoms with Crippen LogP contribution in [0.3, 0.4) is 0 Å². The molecular formula is C12H23N3O2. The highest BCUT2D eigenvalue weighted by atomic mass is 16.4. The minimum atomic E-state index is -0.783. The molecule has 0 aromatic heterocycles. The molecule has 98 valence electrons. The van der Waals surface area contributed by atoms with Crippen LogP contribution >= 0.6 is 0 Å². The number of hydrogen-bond acceptors (Lipinski definition) is 3. The Hall–Kier alpha value is -0.810. The molecule has 2 aliphatic heterocycles. The van der Waals surface area contributed by atoms with Gasteiger partial charge in [0.05, 0.1) is 0 Å². The highest BCUT2D eigenvalue weighted by molar-refractivity contribution is 5.65. The highest BCUT2D eigenvalue weighted by Crippen LogP contribution is 2.22. The standard InChI is InChI=1S/C12H23N3O2/c1-9-8-15(12(16)17)10(2)7-14(9)11-3-5-13-6-4-11/h9-11,13H,3-8H2,1-2H3,(H,16,17)/t9-,10+/m0/s1. The molecule has 0 aliphatic carbocycles. The molecule has 0 bridgehead atoms. The summed E-state index contributed by atoms with van der Waals surface area (Å²) in [5.41, 5.74) is 0. The molecular weight excluding hydrogens is 218 g/mol. The Morgan fingerprint density at radius 1 is 1.18 bits per heavy atom. The average Bonchev–Trinajstić information content (AvgIpc) is 2.32. The van der Waals surface area contributed by atoms with Gasteiger partial charge in [0.1, 0.15) is 0 Å². The molecule has 0 saturated carbocycles. The second kappa shape index (κ2) is 5.23. The quantitative estimate of drug-likeness (QED) is 0.713. The van der Waals surface area contributed by atoms with Crippen molar-refractivity contribution in [2.75, 3.05) is 26.2 Å². The lowest BCUT2D eigenvalue weighted by Gasteiger charge is -2.47. The topological polar surface area (TPSA) is 55.8 Å². The Balaban J connectivity index is 1.98. The lowest BCUT2D eigenvalue weighted by Crippen LogP contribution is -2.61. The van der Waals surface area contributed by atoms with Crippen molar-refractivity contribution in [2.24, 2.45) is 0 Å². The van der Waals surface area contributed by atoms with Gasteiger partial charge in [0, 0.05) is 31.2 Å². The first-order valence-corrected chi connectivity index (χ1v) is 6.55. The molecule has 5 heteroatoms. The SMILES string of the molecule is C[C@@H]1CN(C2CCNCC2)[C@@H](C)CN1C(=O)O. The molecule has 17 heavy (non-hydrogen) atoms. The molecule has 0 radical (unpaired) electrons. The van der Waals surface area contributed by atoms with E-state index >= 15 is 0 Å². The lowest BCUT2D eigenvalue weighted by molar-refractivity contribution is 0.0118. The molecule has 2 rings (SSSR count). The van der Waals surface area contributed by atoms with E-state index in [0.717, 1.165) is 19.6 Å². The molecule has 5 nitrogen and oxygen atoms in total. The Kier molecular flexibility index (Phi) is 3.89. The van der Waals surface area contributed by atoms with Crippen LogP contribution in [0.5, 0.6) is 0 Å². The summed E-state index contributed by atoms with van der Waals surface area (Å²) in [5, 5.41) is 12.5. The van der Waals surface area contributed by atoms with Crippen LogP contribution in [0.2, 0.25) is 0 Å². The predicted molar refractivity (Wildman–Crippen MR) is 66.3 cm³/mol. The number of piperidine rings is 1. The van der Waals surface area contributed by atoms with E-state index in [1.165, 1.54) is 12.8 Å². The average molecular weight is 241 g/mol. The zero-order valence-corrected chi connectivity index (χ0v) is 10.7. The van der Waals surface area contributed by atoms with Crippen LogP contribution in [0.1, 0.15) is 26.7 Å². The molecule has 2 saturated heterocycles. The van der Waals surface area contributed by atoms with Crippen molar-refractivity contribution in [1.82, 2.24) is 15.1 Å². The van der Waals surface area contributed by atoms with Gasteiger partial charge in [0.15, 0.2) is 0 Å². The van der Waals surface area contributed by atoms with Gasteiger partial charge in [0.25, 0.3) is 0 Å². The Labute approximate surface area is 103 Å². The van der Waals surface area contributed by atoms with Crippen LogP contribution in [-0.2, 0) is 0 Å². The van der Waals surface area contributed by atoms with Crippen LogP contribution in [0.4, 0.5) is 4.79 Å². The molecule has 0 aromatic carbocycles. The zero-order valence-electron chi connectivity index (χ0n) is 10.7. The monoisotopic (exact) mass is 241 g/mol. The normalized spacial score (nSPS) is 32.7. The Morgan fingerprint density at radius 2 is 1.82 bits per heavy atom. The van der Waals surface area contributed by atoms with E-state index in [1.807, 2.05) is 6.92 Å². The third-order valence-electron chi connectivity index (χ3n) is 4.06. The van der Waals surface area contributed by atoms with E-state index in [9.17, 15) is 4.79 Å². The van der Waals surface area contributed by atoms with Crippen LogP contribution < -0.4 is 5.32 Å². The van der Waals surface area contributed by atoms with E-state index in [-0.39, 0.29) is 6.04 Å². The molecule has 0 spiro atoms. The second-order valence-electron chi connectivity index (χ2n) is 5.31. The maximum absolute atomic E-state index is 11.1. The van der Waals surface area contributed by atoms with Gasteiger partial charge < -0.3 is 15.3 Å². The molecule has 2 heterocycles. The first-order valence-electron chi connectivity index (χ1n) is 6.55. The van der Waals surface area contributed by atoms with Gasteiger partial charge in [-0.25, -0.2) is 4.79 Å². The number of carbonyl (C=O) groups is 1. The van der Waals surface area contributed by atoms with E-state index in [2.05, 4.69) is 17.1 Å². The molecule has 2 aliphatic rings. The van der Waals surface area contributed by atoms with Gasteiger partial charge in [-0.1, -0.05) is 0 Å². The molecule has 1 amide bonds. The van der Waals surface area contributed by atoms with E-state index in [0.29, 0.717) is 18.6 Å². The zero-order chi connectivity index (χ0) is 12.4. The summed E-state index contributed by atoms with van der Waals surface area (Å²) in [7, 11) is 0. The summed E-state index contributed by atoms with van der Waals surface area (Å²) in [6.45, 7) is 7.84. The fourth-order valence-corrected chi connectivity index (χ4v) is 3.07. The Bertz CT molecular complexity index is 279. The molecule has 2 N–H and O–H groups in total. The van der Waals surface area contributed by atoms with Crippen molar-refractivity contribution in [3.05, 3.63) is 0 Å². The van der Waals surface area contributed by atoms with Crippen molar-refractivity contribution in [3.63, 3.8) is 0 Å². The van der Waals surface area contributed by atoms with Crippen molar-refractivity contribution in [2.45, 2.75) is 44.8 Å². The number of nitrogens with one attached hydrogen (secondary N) is 1. The summed E-state index contributed by atoms with van der Waals surface area (Å²) in [6.07, 6.45) is 1.59. The first-order chi connectivity index (χ1) is 8.09. The number of rotatable bonds is 1. The largest absolute Gasteiger partial charge is 0.465 e. The second-order valence-corrected chi connectivity index (χ2v) is 5.31. The first kappa shape index (κ1) is 12.6. The molecule has 0 aromatic rings. The van der Waals surface area contributed by atoms with Gasteiger partial charge in [-0.15, -0.1) is 0 Å². The third-order valence-corrected chi connectivity index (χ3v) is 4.06. The fraction of sp³-hybridized carbons (Fsp3) is 0.917. The summed E-state index contributed by atoms with van der Waals surface area (Å²) >= 11 is 0. The third kappa shape index (κ3) is 2.72. The van der Waals surface area contributed by atoms with Gasteiger partial charge in [-0.05, 0) is 39.8 Å². The smallest absolute Gasteiger partial charge is 0.407 e. The number of piperazine rings is 1. The number of nitrogens with zero attached hydrogens (tertiary/aromatic N) is 2. The Morgan fingerprint density at radius 3 is 2.41 bits per heavy atom. The molecule has 0 unspecified atom stereocenters. The van der Waals surface area contributed by atoms with E-state index < -0.39 is 6.09 Å². The highest BCUT2D eigenvalue weighted by Gasteiger charge is 2.35. The number of amides is 1. The maximum Gasteiger partial charge on any atom is 0.407 e. The summed E-state index contributed by atoms with van der Waals surface area (Å²) in [4.78, 5) is 15.2. The van der Waals surface area contributed by atoms with E-state index in [4.69, 9.17) is 5.11 Å². The van der Waals surface area contributed by atoms with Crippen LogP contribution in [0.15, 0.2) is 0 Å². The maximum atomic E-state index is 11.1. The van der Waals surface area contributed by atoms with Crippen molar-refractivity contribution < 1.29 is 9.90 Å². The number of hydrogen-bond donors (Lipinski definition) is 2. The summed E-state index contributed by atoms with van der Waals surface area (Å²) < 4.78 is 0. The van der Waals surface area contributed by atoms with Gasteiger partial charge in [-0.2, -0.15) is 0 Å². The summed E-state index contributed by atoms with van der Waals surface area (Å²) in [5.74, 6) is 0.